The first-order valence-corrected chi connectivity index (χ1v) is 6.13. The first kappa shape index (κ1) is 13.1. The average molecular weight is 252 g/mol. The molecule has 0 aliphatic rings. The maximum atomic E-state index is 11.1. The Morgan fingerprint density at radius 1 is 1.05 bits per heavy atom. The summed E-state index contributed by atoms with van der Waals surface area (Å²) < 4.78 is 4.58. The van der Waals surface area contributed by atoms with Gasteiger partial charge in [0.05, 0.1) is 7.11 Å². The van der Waals surface area contributed by atoms with E-state index in [-0.39, 0.29) is 5.97 Å². The number of esters is 1. The van der Waals surface area contributed by atoms with Crippen molar-refractivity contribution < 1.29 is 9.53 Å². The molecule has 0 N–H and O–H groups in total. The molecule has 0 amide bonds. The van der Waals surface area contributed by atoms with Crippen molar-refractivity contribution in [2.75, 3.05) is 7.11 Å². The molecule has 2 rings (SSSR count). The van der Waals surface area contributed by atoms with Gasteiger partial charge in [0.25, 0.3) is 0 Å². The van der Waals surface area contributed by atoms with Gasteiger partial charge in [0.15, 0.2) is 0 Å². The van der Waals surface area contributed by atoms with Gasteiger partial charge in [-0.1, -0.05) is 48.5 Å². The van der Waals surface area contributed by atoms with Crippen LogP contribution in [0, 0.1) is 6.92 Å². The number of methoxy groups -OCH3 is 1. The van der Waals surface area contributed by atoms with E-state index in [9.17, 15) is 4.79 Å². The van der Waals surface area contributed by atoms with Crippen LogP contribution in [0.2, 0.25) is 0 Å². The topological polar surface area (TPSA) is 26.3 Å². The smallest absolute Gasteiger partial charge is 0.330 e. The van der Waals surface area contributed by atoms with Gasteiger partial charge in [-0.25, -0.2) is 4.79 Å². The van der Waals surface area contributed by atoms with Gasteiger partial charge in [-0.2, -0.15) is 0 Å². The normalized spacial score (nSPS) is 10.6. The summed E-state index contributed by atoms with van der Waals surface area (Å²) in [5.41, 5.74) is 4.51. The van der Waals surface area contributed by atoms with Crippen molar-refractivity contribution >= 4 is 12.0 Å². The number of carbonyl (C=O) groups is 1. The molecule has 0 aliphatic carbocycles. The highest BCUT2D eigenvalue weighted by Gasteiger charge is 2.00. The minimum atomic E-state index is -0.341. The van der Waals surface area contributed by atoms with Gasteiger partial charge < -0.3 is 4.74 Å². The lowest BCUT2D eigenvalue weighted by atomic mass is 10.00. The van der Waals surface area contributed by atoms with E-state index >= 15 is 0 Å². The maximum Gasteiger partial charge on any atom is 0.330 e. The Labute approximate surface area is 113 Å². The predicted octanol–water partition coefficient (Wildman–Crippen LogP) is 3.85. The molecule has 0 heterocycles. The van der Waals surface area contributed by atoms with Crippen LogP contribution in [0.25, 0.3) is 17.2 Å². The van der Waals surface area contributed by atoms with Crippen LogP contribution in [-0.4, -0.2) is 13.1 Å². The highest BCUT2D eigenvalue weighted by Crippen LogP contribution is 2.22. The third-order valence-corrected chi connectivity index (χ3v) is 2.98. The Bertz CT molecular complexity index is 598. The fraction of sp³-hybridized carbons (Fsp3) is 0.118. The average Bonchev–Trinajstić information content (AvgIpc) is 2.46. The summed E-state index contributed by atoms with van der Waals surface area (Å²) in [6.07, 6.45) is 3.21. The van der Waals surface area contributed by atoms with Crippen molar-refractivity contribution in [2.45, 2.75) is 6.92 Å². The first-order valence-electron chi connectivity index (χ1n) is 6.13. The van der Waals surface area contributed by atoms with E-state index in [1.165, 1.54) is 24.3 Å². The molecule has 96 valence electrons. The maximum absolute atomic E-state index is 11.1. The molecule has 0 spiro atoms. The summed E-state index contributed by atoms with van der Waals surface area (Å²) in [7, 11) is 1.37. The predicted molar refractivity (Wildman–Crippen MR) is 77.7 cm³/mol. The van der Waals surface area contributed by atoms with Crippen LogP contribution < -0.4 is 0 Å². The number of aryl methyl sites for hydroxylation is 1. The lowest BCUT2D eigenvalue weighted by Gasteiger charge is -2.05. The van der Waals surface area contributed by atoms with Crippen LogP contribution in [0.3, 0.4) is 0 Å². The summed E-state index contributed by atoms with van der Waals surface area (Å²) in [4.78, 5) is 11.1. The van der Waals surface area contributed by atoms with Crippen molar-refractivity contribution in [3.63, 3.8) is 0 Å². The van der Waals surface area contributed by atoms with E-state index in [2.05, 4.69) is 29.0 Å². The number of hydrogen-bond acceptors (Lipinski definition) is 2. The molecular weight excluding hydrogens is 236 g/mol. The number of carbonyl (C=O) groups excluding carboxylic acids is 1. The molecule has 2 aromatic carbocycles. The van der Waals surface area contributed by atoms with Gasteiger partial charge in [0, 0.05) is 6.08 Å². The van der Waals surface area contributed by atoms with Gasteiger partial charge in [-0.15, -0.1) is 0 Å². The van der Waals surface area contributed by atoms with Crippen molar-refractivity contribution in [3.05, 3.63) is 65.7 Å². The number of benzene rings is 2. The van der Waals surface area contributed by atoms with Gasteiger partial charge in [0.1, 0.15) is 0 Å². The Morgan fingerprint density at radius 3 is 2.42 bits per heavy atom. The fourth-order valence-corrected chi connectivity index (χ4v) is 1.90. The monoisotopic (exact) mass is 252 g/mol. The van der Waals surface area contributed by atoms with Crippen LogP contribution in [0.4, 0.5) is 0 Å². The molecule has 0 saturated heterocycles. The molecule has 0 bridgehead atoms. The summed E-state index contributed by atoms with van der Waals surface area (Å²) >= 11 is 0. The number of ether oxygens (including phenoxy) is 1. The molecule has 0 radical (unpaired) electrons. The quantitative estimate of drug-likeness (QED) is 0.612. The Hall–Kier alpha value is -2.35. The van der Waals surface area contributed by atoms with Crippen molar-refractivity contribution in [2.24, 2.45) is 0 Å². The molecule has 2 nitrogen and oxygen atoms in total. The van der Waals surface area contributed by atoms with Crippen molar-refractivity contribution in [1.29, 1.82) is 0 Å². The Kier molecular flexibility index (Phi) is 4.14. The zero-order valence-electron chi connectivity index (χ0n) is 11.1. The van der Waals surface area contributed by atoms with E-state index < -0.39 is 0 Å². The van der Waals surface area contributed by atoms with Crippen LogP contribution in [0.15, 0.2) is 54.6 Å². The van der Waals surface area contributed by atoms with E-state index in [0.29, 0.717) is 0 Å². The number of hydrogen-bond donors (Lipinski definition) is 0. The first-order chi connectivity index (χ1) is 9.20. The lowest BCUT2D eigenvalue weighted by molar-refractivity contribution is -0.134. The van der Waals surface area contributed by atoms with Gasteiger partial charge in [-0.3, -0.25) is 0 Å². The molecule has 19 heavy (non-hydrogen) atoms. The van der Waals surface area contributed by atoms with Crippen LogP contribution in [-0.2, 0) is 9.53 Å². The second-order valence-corrected chi connectivity index (χ2v) is 4.29. The molecule has 2 aromatic rings. The standard InChI is InChI=1S/C17H16O2/c1-13-12-16(15-6-4-3-5-7-15)9-8-14(13)10-11-17(18)19-2/h3-12H,1-2H3/b11-10+. The second-order valence-electron chi connectivity index (χ2n) is 4.29. The zero-order valence-corrected chi connectivity index (χ0v) is 11.1. The van der Waals surface area contributed by atoms with Gasteiger partial charge >= 0.3 is 5.97 Å². The van der Waals surface area contributed by atoms with Crippen LogP contribution in [0.5, 0.6) is 0 Å². The summed E-state index contributed by atoms with van der Waals surface area (Å²) in [5, 5.41) is 0. The van der Waals surface area contributed by atoms with Gasteiger partial charge in [0.2, 0.25) is 0 Å². The Morgan fingerprint density at radius 2 is 1.79 bits per heavy atom. The van der Waals surface area contributed by atoms with E-state index in [0.717, 1.165) is 11.1 Å². The largest absolute Gasteiger partial charge is 0.466 e. The minimum Gasteiger partial charge on any atom is -0.466 e. The highest BCUT2D eigenvalue weighted by molar-refractivity contribution is 5.87. The molecule has 0 aromatic heterocycles. The number of rotatable bonds is 3. The second kappa shape index (κ2) is 6.01. The van der Waals surface area contributed by atoms with E-state index in [1.54, 1.807) is 6.08 Å². The summed E-state index contributed by atoms with van der Waals surface area (Å²) in [5.74, 6) is -0.341. The highest BCUT2D eigenvalue weighted by atomic mass is 16.5. The molecule has 0 unspecified atom stereocenters. The molecule has 0 saturated carbocycles. The minimum absolute atomic E-state index is 0.341. The van der Waals surface area contributed by atoms with E-state index in [4.69, 9.17) is 0 Å². The summed E-state index contributed by atoms with van der Waals surface area (Å²) in [6.45, 7) is 2.03. The fourth-order valence-electron chi connectivity index (χ4n) is 1.90. The molecule has 0 aliphatic heterocycles. The van der Waals surface area contributed by atoms with Crippen LogP contribution >= 0.6 is 0 Å². The SMILES string of the molecule is COC(=O)/C=C/c1ccc(-c2ccccc2)cc1C. The lowest BCUT2D eigenvalue weighted by Crippen LogP contribution is -1.93. The summed E-state index contributed by atoms with van der Waals surface area (Å²) in [6, 6.07) is 16.4. The third-order valence-electron chi connectivity index (χ3n) is 2.98. The van der Waals surface area contributed by atoms with E-state index in [1.807, 2.05) is 31.2 Å². The molecular formula is C17H16O2. The zero-order chi connectivity index (χ0) is 13.7. The molecule has 2 heteroatoms. The molecule has 0 fully saturated rings. The van der Waals surface area contributed by atoms with Gasteiger partial charge in [-0.05, 0) is 35.3 Å². The van der Waals surface area contributed by atoms with Crippen molar-refractivity contribution in [1.82, 2.24) is 0 Å². The van der Waals surface area contributed by atoms with Crippen LogP contribution in [0.1, 0.15) is 11.1 Å². The molecule has 0 atom stereocenters. The third kappa shape index (κ3) is 3.32. The Balaban J connectivity index is 2.28. The van der Waals surface area contributed by atoms with Crippen molar-refractivity contribution in [3.8, 4) is 11.1 Å².